The molecule has 0 atom stereocenters. The number of hydrogen-bond donors (Lipinski definition) is 1. The van der Waals surface area contributed by atoms with E-state index >= 15 is 0 Å². The summed E-state index contributed by atoms with van der Waals surface area (Å²) in [6.07, 6.45) is 3.64. The molecule has 1 aliphatic heterocycles. The first-order chi connectivity index (χ1) is 13.0. The van der Waals surface area contributed by atoms with Crippen LogP contribution in [0.1, 0.15) is 15.9 Å². The molecule has 1 N–H and O–H groups in total. The van der Waals surface area contributed by atoms with Gasteiger partial charge in [0.25, 0.3) is 5.91 Å². The highest BCUT2D eigenvalue weighted by atomic mass is 79.9. The van der Waals surface area contributed by atoms with E-state index in [1.807, 2.05) is 47.8 Å². The van der Waals surface area contributed by atoms with Gasteiger partial charge in [-0.15, -0.1) is 12.4 Å². The number of benzene rings is 1. The van der Waals surface area contributed by atoms with Gasteiger partial charge in [-0.25, -0.2) is 4.98 Å². The Morgan fingerprint density at radius 3 is 2.71 bits per heavy atom. The molecule has 28 heavy (non-hydrogen) atoms. The van der Waals surface area contributed by atoms with E-state index in [1.165, 1.54) is 0 Å². The van der Waals surface area contributed by atoms with Crippen LogP contribution in [0.3, 0.4) is 0 Å². The molecule has 3 aromatic rings. The van der Waals surface area contributed by atoms with Crippen molar-refractivity contribution in [3.63, 3.8) is 0 Å². The largest absolute Gasteiger partial charge is 0.378 e. The number of morpholine rings is 1. The summed E-state index contributed by atoms with van der Waals surface area (Å²) in [5, 5.41) is 4.34. The van der Waals surface area contributed by atoms with Gasteiger partial charge in [0, 0.05) is 48.1 Å². The van der Waals surface area contributed by atoms with Gasteiger partial charge in [0.1, 0.15) is 5.82 Å². The number of halogens is 2. The van der Waals surface area contributed by atoms with E-state index in [1.54, 1.807) is 6.20 Å². The topological polar surface area (TPSA) is 59.4 Å². The molecule has 1 aliphatic rings. The van der Waals surface area contributed by atoms with Crippen LogP contribution in [-0.4, -0.2) is 46.7 Å². The first kappa shape index (κ1) is 20.6. The van der Waals surface area contributed by atoms with Gasteiger partial charge in [-0.1, -0.05) is 15.9 Å². The van der Waals surface area contributed by atoms with Crippen molar-refractivity contribution in [3.05, 3.63) is 52.3 Å². The Morgan fingerprint density at radius 1 is 1.25 bits per heavy atom. The Balaban J connectivity index is 0.00000225. The van der Waals surface area contributed by atoms with Crippen LogP contribution in [0.25, 0.3) is 10.9 Å². The first-order valence-electron chi connectivity index (χ1n) is 8.89. The van der Waals surface area contributed by atoms with E-state index in [9.17, 15) is 4.79 Å². The number of fused-ring (bicyclic) bond motifs is 1. The van der Waals surface area contributed by atoms with E-state index in [-0.39, 0.29) is 18.3 Å². The number of ether oxygens (including phenoxy) is 1. The highest BCUT2D eigenvalue weighted by molar-refractivity contribution is 9.10. The van der Waals surface area contributed by atoms with E-state index in [0.717, 1.165) is 32.4 Å². The Hall–Kier alpha value is -2.09. The van der Waals surface area contributed by atoms with Crippen molar-refractivity contribution in [2.24, 2.45) is 7.05 Å². The van der Waals surface area contributed by atoms with Crippen LogP contribution < -0.4 is 5.32 Å². The van der Waals surface area contributed by atoms with Crippen molar-refractivity contribution in [1.82, 2.24) is 14.5 Å². The van der Waals surface area contributed by atoms with Crippen LogP contribution in [0, 0.1) is 6.92 Å². The fourth-order valence-electron chi connectivity index (χ4n) is 3.40. The van der Waals surface area contributed by atoms with E-state index < -0.39 is 0 Å². The van der Waals surface area contributed by atoms with E-state index in [4.69, 9.17) is 4.74 Å². The highest BCUT2D eigenvalue weighted by Gasteiger charge is 2.23. The van der Waals surface area contributed by atoms with Crippen LogP contribution in [0.4, 0.5) is 11.5 Å². The maximum atomic E-state index is 13.0. The van der Waals surface area contributed by atoms with Crippen molar-refractivity contribution in [2.45, 2.75) is 6.92 Å². The summed E-state index contributed by atoms with van der Waals surface area (Å²) in [6.45, 7) is 4.44. The van der Waals surface area contributed by atoms with Crippen molar-refractivity contribution >= 4 is 56.7 Å². The predicted molar refractivity (Wildman–Crippen MR) is 117 cm³/mol. The summed E-state index contributed by atoms with van der Waals surface area (Å²) in [6, 6.07) is 8.06. The molecule has 0 saturated carbocycles. The molecule has 6 nitrogen and oxygen atoms in total. The van der Waals surface area contributed by atoms with Crippen LogP contribution in [0.15, 0.2) is 41.1 Å². The standard InChI is InChI=1S/C20H21BrN4O2.ClH/c1-13-11-14(21)3-4-17(13)23-19-15-5-6-24(2)18(15)16(12-22-19)20(26)25-7-9-27-10-8-25;/h3-6,11-12H,7-10H2,1-2H3,(H,22,23);1H. The molecule has 0 unspecified atom stereocenters. The van der Waals surface area contributed by atoms with Crippen molar-refractivity contribution < 1.29 is 9.53 Å². The van der Waals surface area contributed by atoms with Crippen molar-refractivity contribution in [1.29, 1.82) is 0 Å². The average Bonchev–Trinajstić information content (AvgIpc) is 3.07. The van der Waals surface area contributed by atoms with Crippen molar-refractivity contribution in [2.75, 3.05) is 31.6 Å². The highest BCUT2D eigenvalue weighted by Crippen LogP contribution is 2.30. The molecule has 1 aromatic carbocycles. The first-order valence-corrected chi connectivity index (χ1v) is 9.68. The van der Waals surface area contributed by atoms with Gasteiger partial charge in [0.15, 0.2) is 0 Å². The third kappa shape index (κ3) is 3.87. The van der Waals surface area contributed by atoms with E-state index in [0.29, 0.717) is 31.9 Å². The van der Waals surface area contributed by atoms with Crippen LogP contribution in [-0.2, 0) is 11.8 Å². The zero-order valence-corrected chi connectivity index (χ0v) is 18.1. The second-order valence-corrected chi connectivity index (χ2v) is 7.61. The van der Waals surface area contributed by atoms with Gasteiger partial charge in [0.05, 0.1) is 24.3 Å². The molecular weight excluding hydrogens is 444 g/mol. The Labute approximate surface area is 178 Å². The summed E-state index contributed by atoms with van der Waals surface area (Å²) in [4.78, 5) is 19.4. The number of carbonyl (C=O) groups is 1. The van der Waals surface area contributed by atoms with Crippen LogP contribution in [0.5, 0.6) is 0 Å². The lowest BCUT2D eigenvalue weighted by Gasteiger charge is -2.27. The molecule has 0 spiro atoms. The number of aryl methyl sites for hydroxylation is 2. The smallest absolute Gasteiger partial charge is 0.257 e. The zero-order valence-electron chi connectivity index (χ0n) is 15.7. The second kappa shape index (κ2) is 8.51. The molecule has 1 amide bonds. The van der Waals surface area contributed by atoms with Gasteiger partial charge >= 0.3 is 0 Å². The van der Waals surface area contributed by atoms with E-state index in [2.05, 4.69) is 32.3 Å². The molecular formula is C20H22BrClN4O2. The molecule has 0 bridgehead atoms. The number of carbonyl (C=O) groups excluding carboxylic acids is 1. The number of hydrogen-bond acceptors (Lipinski definition) is 4. The molecule has 3 heterocycles. The predicted octanol–water partition coefficient (Wildman–Crippen LogP) is 4.28. The summed E-state index contributed by atoms with van der Waals surface area (Å²) < 4.78 is 8.37. The van der Waals surface area contributed by atoms with Crippen molar-refractivity contribution in [3.8, 4) is 0 Å². The monoisotopic (exact) mass is 464 g/mol. The minimum absolute atomic E-state index is 0. The lowest BCUT2D eigenvalue weighted by atomic mass is 10.1. The Morgan fingerprint density at radius 2 is 2.00 bits per heavy atom. The normalized spacial score (nSPS) is 14.0. The Kier molecular flexibility index (Phi) is 6.27. The SMILES string of the molecule is Cc1cc(Br)ccc1Nc1ncc(C(=O)N2CCOCC2)c2c1ccn2C.Cl. The quantitative estimate of drug-likeness (QED) is 0.627. The molecule has 2 aromatic heterocycles. The fourth-order valence-corrected chi connectivity index (χ4v) is 3.88. The number of rotatable bonds is 3. The summed E-state index contributed by atoms with van der Waals surface area (Å²) >= 11 is 3.49. The molecule has 1 saturated heterocycles. The second-order valence-electron chi connectivity index (χ2n) is 6.70. The average molecular weight is 466 g/mol. The summed E-state index contributed by atoms with van der Waals surface area (Å²) in [7, 11) is 1.95. The molecule has 0 aliphatic carbocycles. The van der Waals surface area contributed by atoms with Gasteiger partial charge in [-0.05, 0) is 36.8 Å². The zero-order chi connectivity index (χ0) is 19.0. The molecule has 8 heteroatoms. The lowest BCUT2D eigenvalue weighted by Crippen LogP contribution is -2.40. The molecule has 4 rings (SSSR count). The third-order valence-corrected chi connectivity index (χ3v) is 5.37. The summed E-state index contributed by atoms with van der Waals surface area (Å²) in [5.41, 5.74) is 3.61. The molecule has 0 radical (unpaired) electrons. The van der Waals surface area contributed by atoms with Crippen LogP contribution >= 0.6 is 28.3 Å². The number of pyridine rings is 1. The molecule has 148 valence electrons. The fraction of sp³-hybridized carbons (Fsp3) is 0.300. The number of anilines is 2. The number of nitrogens with one attached hydrogen (secondary N) is 1. The Bertz CT molecular complexity index is 1010. The van der Waals surface area contributed by atoms with Gasteiger partial charge in [0.2, 0.25) is 0 Å². The maximum Gasteiger partial charge on any atom is 0.257 e. The minimum atomic E-state index is 0. The van der Waals surface area contributed by atoms with Gasteiger partial charge < -0.3 is 19.5 Å². The molecule has 1 fully saturated rings. The summed E-state index contributed by atoms with van der Waals surface area (Å²) in [5.74, 6) is 0.749. The maximum absolute atomic E-state index is 13.0. The number of aromatic nitrogens is 2. The number of amides is 1. The third-order valence-electron chi connectivity index (χ3n) is 4.88. The van der Waals surface area contributed by atoms with Gasteiger partial charge in [-0.2, -0.15) is 0 Å². The number of nitrogens with zero attached hydrogens (tertiary/aromatic N) is 3. The lowest BCUT2D eigenvalue weighted by molar-refractivity contribution is 0.0303. The minimum Gasteiger partial charge on any atom is -0.378 e. The van der Waals surface area contributed by atoms with Gasteiger partial charge in [-0.3, -0.25) is 4.79 Å². The van der Waals surface area contributed by atoms with Crippen LogP contribution in [0.2, 0.25) is 0 Å².